The second-order valence-corrected chi connectivity index (χ2v) is 2.06. The van der Waals surface area contributed by atoms with Gasteiger partial charge < -0.3 is 14.3 Å². The molecular formula is C7H15ClO3. The van der Waals surface area contributed by atoms with Crippen LogP contribution in [-0.4, -0.2) is 32.7 Å². The van der Waals surface area contributed by atoms with Crippen molar-refractivity contribution in [2.75, 3.05) is 20.1 Å². The molecule has 0 atom stereocenters. The van der Waals surface area contributed by atoms with Crippen LogP contribution in [0.4, 0.5) is 0 Å². The minimum absolute atomic E-state index is 0.0648. The first-order chi connectivity index (χ1) is 5.22. The van der Waals surface area contributed by atoms with Crippen molar-refractivity contribution in [1.82, 2.24) is 0 Å². The van der Waals surface area contributed by atoms with Gasteiger partial charge in [-0.25, -0.2) is 0 Å². The van der Waals surface area contributed by atoms with Crippen molar-refractivity contribution in [3.8, 4) is 0 Å². The van der Waals surface area contributed by atoms with Gasteiger partial charge in [0, 0.05) is 26.5 Å². The highest BCUT2D eigenvalue weighted by molar-refractivity contribution is 6.18. The van der Waals surface area contributed by atoms with E-state index < -0.39 is 0 Å². The number of hydrogen-bond acceptors (Lipinski definition) is 3. The minimum Gasteiger partial charge on any atom is -0.356 e. The monoisotopic (exact) mass is 182 g/mol. The molecule has 0 N–H and O–H groups in total. The van der Waals surface area contributed by atoms with Gasteiger partial charge in [-0.2, -0.15) is 0 Å². The van der Waals surface area contributed by atoms with Gasteiger partial charge in [0.1, 0.15) is 6.29 Å². The third kappa shape index (κ3) is 17.7. The van der Waals surface area contributed by atoms with Gasteiger partial charge in [-0.05, 0) is 6.92 Å². The lowest BCUT2D eigenvalue weighted by Gasteiger charge is -2.03. The normalized spacial score (nSPS) is 8.82. The van der Waals surface area contributed by atoms with Gasteiger partial charge >= 0.3 is 0 Å². The van der Waals surface area contributed by atoms with Crippen LogP contribution in [0.3, 0.4) is 0 Å². The number of halogens is 1. The van der Waals surface area contributed by atoms with Crippen LogP contribution in [0, 0.1) is 0 Å². The summed E-state index contributed by atoms with van der Waals surface area (Å²) in [5, 5.41) is 0. The summed E-state index contributed by atoms with van der Waals surface area (Å²) in [6.07, 6.45) is 1.21. The average molecular weight is 183 g/mol. The molecule has 0 aliphatic rings. The van der Waals surface area contributed by atoms with Crippen LogP contribution in [0.2, 0.25) is 0 Å². The van der Waals surface area contributed by atoms with E-state index in [4.69, 9.17) is 11.6 Å². The molecule has 0 fully saturated rings. The predicted octanol–water partition coefficient (Wildman–Crippen LogP) is 1.44. The largest absolute Gasteiger partial charge is 0.356 e. The Morgan fingerprint density at radius 3 is 1.91 bits per heavy atom. The smallest absolute Gasteiger partial charge is 0.154 e. The number of alkyl halides is 1. The molecule has 68 valence electrons. The molecule has 0 unspecified atom stereocenters. The summed E-state index contributed by atoms with van der Waals surface area (Å²) in [5.74, 6) is 0.448. The van der Waals surface area contributed by atoms with Gasteiger partial charge in [0.2, 0.25) is 0 Å². The topological polar surface area (TPSA) is 35.5 Å². The van der Waals surface area contributed by atoms with E-state index >= 15 is 0 Å². The molecule has 0 aliphatic carbocycles. The fraction of sp³-hybridized carbons (Fsp3) is 0.857. The molecule has 4 heteroatoms. The number of carbonyl (C=O) groups excluding carboxylic acids is 1. The molecule has 3 nitrogen and oxygen atoms in total. The van der Waals surface area contributed by atoms with E-state index in [-0.39, 0.29) is 6.29 Å². The zero-order valence-corrected chi connectivity index (χ0v) is 7.93. The number of rotatable bonds is 4. The molecule has 0 aromatic carbocycles. The Balaban J connectivity index is 0. The molecule has 0 heterocycles. The van der Waals surface area contributed by atoms with E-state index in [0.29, 0.717) is 12.3 Å². The maximum atomic E-state index is 9.32. The van der Waals surface area contributed by atoms with Gasteiger partial charge in [0.15, 0.2) is 6.29 Å². The molecule has 0 aromatic heterocycles. The summed E-state index contributed by atoms with van der Waals surface area (Å²) >= 11 is 5.07. The Bertz CT molecular complexity index is 74.1. The maximum absolute atomic E-state index is 9.32. The molecule has 0 bridgehead atoms. The minimum atomic E-state index is -0.0648. The molecule has 0 radical (unpaired) electrons. The van der Waals surface area contributed by atoms with E-state index in [1.807, 2.05) is 6.92 Å². The lowest BCUT2D eigenvalue weighted by molar-refractivity contribution is -0.107. The number of methoxy groups -OCH3 is 2. The Morgan fingerprint density at radius 1 is 1.45 bits per heavy atom. The Kier molecular flexibility index (Phi) is 15.4. The van der Waals surface area contributed by atoms with Crippen LogP contribution < -0.4 is 0 Å². The molecule has 0 aromatic rings. The highest BCUT2D eigenvalue weighted by atomic mass is 35.5. The first-order valence-electron chi connectivity index (χ1n) is 3.28. The number of hydrogen-bond donors (Lipinski definition) is 0. The summed E-state index contributed by atoms with van der Waals surface area (Å²) in [7, 11) is 3.21. The zero-order valence-electron chi connectivity index (χ0n) is 7.17. The van der Waals surface area contributed by atoms with Crippen LogP contribution in [0.5, 0.6) is 0 Å². The van der Waals surface area contributed by atoms with E-state index in [1.165, 1.54) is 0 Å². The Morgan fingerprint density at radius 2 is 1.91 bits per heavy atom. The van der Waals surface area contributed by atoms with Crippen molar-refractivity contribution in [3.63, 3.8) is 0 Å². The first-order valence-corrected chi connectivity index (χ1v) is 3.81. The van der Waals surface area contributed by atoms with Crippen molar-refractivity contribution in [3.05, 3.63) is 0 Å². The number of aldehydes is 1. The highest BCUT2D eigenvalue weighted by Gasteiger charge is 1.87. The zero-order chi connectivity index (χ0) is 9.11. The van der Waals surface area contributed by atoms with E-state index in [1.54, 1.807) is 14.2 Å². The SMILES string of the molecule is COC(C)OC.O=CCCCl. The Labute approximate surface area is 72.6 Å². The van der Waals surface area contributed by atoms with Crippen molar-refractivity contribution < 1.29 is 14.3 Å². The van der Waals surface area contributed by atoms with Crippen molar-refractivity contribution in [2.24, 2.45) is 0 Å². The van der Waals surface area contributed by atoms with Crippen LogP contribution in [0.1, 0.15) is 13.3 Å². The molecule has 0 amide bonds. The van der Waals surface area contributed by atoms with Crippen molar-refractivity contribution in [2.45, 2.75) is 19.6 Å². The summed E-state index contributed by atoms with van der Waals surface area (Å²) in [5.41, 5.74) is 0. The van der Waals surface area contributed by atoms with Crippen molar-refractivity contribution in [1.29, 1.82) is 0 Å². The van der Waals surface area contributed by atoms with Gasteiger partial charge in [0.25, 0.3) is 0 Å². The number of ether oxygens (including phenoxy) is 2. The average Bonchev–Trinajstić information content (AvgIpc) is 2.06. The summed E-state index contributed by atoms with van der Waals surface area (Å²) < 4.78 is 9.35. The number of carbonyl (C=O) groups is 1. The van der Waals surface area contributed by atoms with Gasteiger partial charge in [-0.3, -0.25) is 0 Å². The second kappa shape index (κ2) is 12.5. The van der Waals surface area contributed by atoms with E-state index in [0.717, 1.165) is 6.29 Å². The molecule has 0 aliphatic heterocycles. The molecule has 0 saturated heterocycles. The van der Waals surface area contributed by atoms with Crippen LogP contribution in [0.15, 0.2) is 0 Å². The van der Waals surface area contributed by atoms with Gasteiger partial charge in [0.05, 0.1) is 0 Å². The third-order valence-electron chi connectivity index (χ3n) is 0.891. The van der Waals surface area contributed by atoms with E-state index in [2.05, 4.69) is 9.47 Å². The summed E-state index contributed by atoms with van der Waals surface area (Å²) in [6, 6.07) is 0. The lowest BCUT2D eigenvalue weighted by atomic mass is 10.6. The van der Waals surface area contributed by atoms with Gasteiger partial charge in [-0.15, -0.1) is 11.6 Å². The standard InChI is InChI=1S/C4H10O2.C3H5ClO/c1-4(5-2)6-3;4-2-1-3-5/h4H,1-3H3;3H,1-2H2. The summed E-state index contributed by atoms with van der Waals surface area (Å²) in [4.78, 5) is 9.32. The molecule has 0 saturated carbocycles. The lowest BCUT2D eigenvalue weighted by Crippen LogP contribution is -2.05. The summed E-state index contributed by atoms with van der Waals surface area (Å²) in [6.45, 7) is 1.83. The van der Waals surface area contributed by atoms with Crippen LogP contribution >= 0.6 is 11.6 Å². The van der Waals surface area contributed by atoms with Crippen LogP contribution in [-0.2, 0) is 14.3 Å². The van der Waals surface area contributed by atoms with Gasteiger partial charge in [-0.1, -0.05) is 0 Å². The predicted molar refractivity (Wildman–Crippen MR) is 44.9 cm³/mol. The third-order valence-corrected chi connectivity index (χ3v) is 1.11. The molecule has 11 heavy (non-hydrogen) atoms. The van der Waals surface area contributed by atoms with Crippen LogP contribution in [0.25, 0.3) is 0 Å². The maximum Gasteiger partial charge on any atom is 0.154 e. The second-order valence-electron chi connectivity index (χ2n) is 1.68. The van der Waals surface area contributed by atoms with E-state index in [9.17, 15) is 4.79 Å². The fourth-order valence-electron chi connectivity index (χ4n) is 0.141. The quantitative estimate of drug-likeness (QED) is 0.375. The van der Waals surface area contributed by atoms with Crippen molar-refractivity contribution >= 4 is 17.9 Å². The first kappa shape index (κ1) is 13.5. The Hall–Kier alpha value is -0.120. The molecule has 0 spiro atoms. The molecule has 0 rings (SSSR count). The highest BCUT2D eigenvalue weighted by Crippen LogP contribution is 1.82. The fourth-order valence-corrected chi connectivity index (χ4v) is 0.230. The molecular weight excluding hydrogens is 168 g/mol.